The lowest BCUT2D eigenvalue weighted by molar-refractivity contribution is -0.146. The van der Waals surface area contributed by atoms with Crippen LogP contribution in [0.2, 0.25) is 0 Å². The van der Waals surface area contributed by atoms with Gasteiger partial charge in [0, 0.05) is 0 Å². The van der Waals surface area contributed by atoms with Crippen LogP contribution in [0, 0.1) is 11.2 Å². The van der Waals surface area contributed by atoms with Crippen LogP contribution < -0.4 is 0 Å². The van der Waals surface area contributed by atoms with Crippen molar-refractivity contribution in [3.05, 3.63) is 28.0 Å². The van der Waals surface area contributed by atoms with Gasteiger partial charge in [-0.1, -0.05) is 0 Å². The summed E-state index contributed by atoms with van der Waals surface area (Å²) in [6, 6.07) is 2.28. The molecule has 0 saturated carbocycles. The second-order valence-corrected chi connectivity index (χ2v) is 5.12. The van der Waals surface area contributed by atoms with Gasteiger partial charge in [-0.15, -0.1) is 0 Å². The third-order valence-electron chi connectivity index (χ3n) is 2.32. The Balaban J connectivity index is 3.11. The number of aromatic hydroxyl groups is 1. The molecule has 3 nitrogen and oxygen atoms in total. The van der Waals surface area contributed by atoms with Crippen LogP contribution in [0.5, 0.6) is 5.75 Å². The topological polar surface area (TPSA) is 57.5 Å². The smallest absolute Gasteiger partial charge is 0.309 e. The van der Waals surface area contributed by atoms with E-state index in [1.54, 1.807) is 0 Å². The molecular weight excluding hydrogens is 279 g/mol. The van der Waals surface area contributed by atoms with Crippen molar-refractivity contribution in [1.29, 1.82) is 0 Å². The van der Waals surface area contributed by atoms with Gasteiger partial charge < -0.3 is 10.2 Å². The molecule has 0 radical (unpaired) electrons. The number of hydrogen-bond donors (Lipinski definition) is 2. The largest absolute Gasteiger partial charge is 0.506 e. The Kier molecular flexibility index (Phi) is 3.57. The van der Waals surface area contributed by atoms with Crippen LogP contribution in [0.1, 0.15) is 19.4 Å². The van der Waals surface area contributed by atoms with Crippen molar-refractivity contribution in [3.63, 3.8) is 0 Å². The molecule has 1 aromatic rings. The number of benzene rings is 1. The van der Waals surface area contributed by atoms with Crippen LogP contribution in [0.15, 0.2) is 16.6 Å². The number of halogens is 2. The van der Waals surface area contributed by atoms with E-state index >= 15 is 0 Å². The van der Waals surface area contributed by atoms with E-state index in [9.17, 15) is 14.3 Å². The third kappa shape index (κ3) is 2.72. The van der Waals surface area contributed by atoms with Gasteiger partial charge in [0.05, 0.1) is 9.89 Å². The van der Waals surface area contributed by atoms with Crippen molar-refractivity contribution in [1.82, 2.24) is 0 Å². The minimum absolute atomic E-state index is 0.0600. The second-order valence-electron chi connectivity index (χ2n) is 4.26. The van der Waals surface area contributed by atoms with Crippen LogP contribution in [0.3, 0.4) is 0 Å². The number of hydrogen-bond acceptors (Lipinski definition) is 2. The van der Waals surface area contributed by atoms with Gasteiger partial charge in [0.15, 0.2) is 0 Å². The zero-order valence-corrected chi connectivity index (χ0v) is 10.5. The number of phenolic OH excluding ortho intramolecular Hbond substituents is 1. The number of rotatable bonds is 3. The number of aliphatic carboxylic acids is 1. The summed E-state index contributed by atoms with van der Waals surface area (Å²) in [6.07, 6.45) is 0.0600. The predicted molar refractivity (Wildman–Crippen MR) is 60.9 cm³/mol. The number of phenols is 1. The molecule has 0 aliphatic heterocycles. The molecule has 1 rings (SSSR count). The van der Waals surface area contributed by atoms with E-state index < -0.39 is 17.2 Å². The molecule has 88 valence electrons. The summed E-state index contributed by atoms with van der Waals surface area (Å²) in [4.78, 5) is 10.9. The standard InChI is InChI=1S/C11H12BrFO3/c1-11(2,10(15)16)5-6-3-7(13)4-8(12)9(6)14/h3-4,14H,5H2,1-2H3,(H,15,16). The first-order chi connectivity index (χ1) is 7.24. The number of carbonyl (C=O) groups is 1. The Morgan fingerprint density at radius 3 is 2.56 bits per heavy atom. The first-order valence-electron chi connectivity index (χ1n) is 4.64. The highest BCUT2D eigenvalue weighted by Crippen LogP contribution is 2.33. The number of carboxylic acid groups (broad SMARTS) is 1. The molecule has 0 aliphatic carbocycles. The normalized spacial score (nSPS) is 11.5. The summed E-state index contributed by atoms with van der Waals surface area (Å²) >= 11 is 3.00. The van der Waals surface area contributed by atoms with Crippen molar-refractivity contribution >= 4 is 21.9 Å². The fourth-order valence-electron chi connectivity index (χ4n) is 1.31. The fourth-order valence-corrected chi connectivity index (χ4v) is 1.78. The van der Waals surface area contributed by atoms with Gasteiger partial charge in [-0.3, -0.25) is 4.79 Å². The Bertz CT molecular complexity index is 429. The maximum atomic E-state index is 13.1. The lowest BCUT2D eigenvalue weighted by Crippen LogP contribution is -2.26. The lowest BCUT2D eigenvalue weighted by Gasteiger charge is -2.19. The van der Waals surface area contributed by atoms with E-state index in [0.717, 1.165) is 12.1 Å². The molecule has 0 atom stereocenters. The molecule has 0 bridgehead atoms. The third-order valence-corrected chi connectivity index (χ3v) is 2.92. The highest BCUT2D eigenvalue weighted by Gasteiger charge is 2.29. The van der Waals surface area contributed by atoms with Gasteiger partial charge in [0.2, 0.25) is 0 Å². The Labute approximate surface area is 101 Å². The zero-order chi connectivity index (χ0) is 12.5. The maximum absolute atomic E-state index is 13.1. The van der Waals surface area contributed by atoms with Gasteiger partial charge in [-0.25, -0.2) is 4.39 Å². The van der Waals surface area contributed by atoms with E-state index in [-0.39, 0.29) is 22.2 Å². The van der Waals surface area contributed by atoms with Crippen molar-refractivity contribution < 1.29 is 19.4 Å². The molecule has 5 heteroatoms. The van der Waals surface area contributed by atoms with Crippen molar-refractivity contribution in [2.45, 2.75) is 20.3 Å². The molecule has 0 spiro atoms. The zero-order valence-electron chi connectivity index (χ0n) is 8.92. The molecule has 0 aliphatic rings. The Morgan fingerprint density at radius 1 is 1.50 bits per heavy atom. The van der Waals surface area contributed by atoms with E-state index in [1.165, 1.54) is 13.8 Å². The van der Waals surface area contributed by atoms with Gasteiger partial charge in [-0.05, 0) is 53.9 Å². The monoisotopic (exact) mass is 290 g/mol. The molecule has 0 aromatic heterocycles. The summed E-state index contributed by atoms with van der Waals surface area (Å²) in [5.41, 5.74) is -0.774. The lowest BCUT2D eigenvalue weighted by atomic mass is 9.85. The van der Waals surface area contributed by atoms with Crippen LogP contribution in [-0.2, 0) is 11.2 Å². The van der Waals surface area contributed by atoms with E-state index in [2.05, 4.69) is 15.9 Å². The van der Waals surface area contributed by atoms with Gasteiger partial charge in [0.1, 0.15) is 11.6 Å². The molecule has 0 saturated heterocycles. The summed E-state index contributed by atoms with van der Waals surface area (Å²) in [6.45, 7) is 3.04. The molecular formula is C11H12BrFO3. The minimum Gasteiger partial charge on any atom is -0.506 e. The molecule has 16 heavy (non-hydrogen) atoms. The maximum Gasteiger partial charge on any atom is 0.309 e. The highest BCUT2D eigenvalue weighted by atomic mass is 79.9. The number of carboxylic acids is 1. The average molecular weight is 291 g/mol. The minimum atomic E-state index is -1.05. The van der Waals surface area contributed by atoms with Gasteiger partial charge in [-0.2, -0.15) is 0 Å². The van der Waals surface area contributed by atoms with Crippen molar-refractivity contribution in [2.75, 3.05) is 0 Å². The Hall–Kier alpha value is -1.10. The van der Waals surface area contributed by atoms with Crippen LogP contribution in [0.4, 0.5) is 4.39 Å². The fraction of sp³-hybridized carbons (Fsp3) is 0.364. The van der Waals surface area contributed by atoms with Crippen LogP contribution >= 0.6 is 15.9 Å². The Morgan fingerprint density at radius 2 is 2.06 bits per heavy atom. The van der Waals surface area contributed by atoms with E-state index in [1.807, 2.05) is 0 Å². The first-order valence-corrected chi connectivity index (χ1v) is 5.43. The summed E-state index contributed by atoms with van der Waals surface area (Å²) in [5.74, 6) is -1.62. The van der Waals surface area contributed by atoms with Crippen LogP contribution in [-0.4, -0.2) is 16.2 Å². The molecule has 1 aromatic carbocycles. The van der Waals surface area contributed by atoms with Crippen LogP contribution in [0.25, 0.3) is 0 Å². The molecule has 0 fully saturated rings. The molecule has 0 amide bonds. The molecule has 0 heterocycles. The van der Waals surface area contributed by atoms with E-state index in [4.69, 9.17) is 5.11 Å². The molecule has 0 unspecified atom stereocenters. The summed E-state index contributed by atoms with van der Waals surface area (Å²) in [5, 5.41) is 18.6. The van der Waals surface area contributed by atoms with E-state index in [0.29, 0.717) is 0 Å². The first kappa shape index (κ1) is 13.0. The second kappa shape index (κ2) is 4.41. The van der Waals surface area contributed by atoms with Gasteiger partial charge in [0.25, 0.3) is 0 Å². The quantitative estimate of drug-likeness (QED) is 0.900. The van der Waals surface area contributed by atoms with Gasteiger partial charge >= 0.3 is 5.97 Å². The SMILES string of the molecule is CC(C)(Cc1cc(F)cc(Br)c1O)C(=O)O. The predicted octanol–water partition coefficient (Wildman–Crippen LogP) is 2.95. The highest BCUT2D eigenvalue weighted by molar-refractivity contribution is 9.10. The molecule has 2 N–H and O–H groups in total. The van der Waals surface area contributed by atoms with Crippen molar-refractivity contribution in [2.24, 2.45) is 5.41 Å². The van der Waals surface area contributed by atoms with Crippen molar-refractivity contribution in [3.8, 4) is 5.75 Å². The summed E-state index contributed by atoms with van der Waals surface area (Å²) < 4.78 is 13.3. The summed E-state index contributed by atoms with van der Waals surface area (Å²) in [7, 11) is 0. The average Bonchev–Trinajstić information content (AvgIpc) is 2.12.